The van der Waals surface area contributed by atoms with Gasteiger partial charge >= 0.3 is 0 Å². The zero-order valence-electron chi connectivity index (χ0n) is 8.07. The zero-order valence-corrected chi connectivity index (χ0v) is 8.07. The highest BCUT2D eigenvalue weighted by molar-refractivity contribution is 6.05. The van der Waals surface area contributed by atoms with Crippen LogP contribution in [0.2, 0.25) is 0 Å². The molecule has 0 radical (unpaired) electrons. The number of carbonyl (C=O) groups is 2. The van der Waals surface area contributed by atoms with E-state index in [1.165, 1.54) is 13.0 Å². The van der Waals surface area contributed by atoms with Crippen LogP contribution in [0, 0.1) is 0 Å². The average Bonchev–Trinajstić information content (AvgIpc) is 2.15. The van der Waals surface area contributed by atoms with Crippen molar-refractivity contribution >= 4 is 17.6 Å². The van der Waals surface area contributed by atoms with E-state index < -0.39 is 0 Å². The second-order valence-electron chi connectivity index (χ2n) is 3.09. The molecule has 0 unspecified atom stereocenters. The lowest BCUT2D eigenvalue weighted by Crippen LogP contribution is -1.99. The van der Waals surface area contributed by atoms with Gasteiger partial charge in [-0.25, -0.2) is 0 Å². The van der Waals surface area contributed by atoms with Gasteiger partial charge in [-0.05, 0) is 18.6 Å². The van der Waals surface area contributed by atoms with Gasteiger partial charge < -0.3 is 0 Å². The minimum Gasteiger partial charge on any atom is -0.300 e. The number of hydrogen-bond acceptors (Lipinski definition) is 2. The number of ketones is 2. The molecule has 0 spiro atoms. The summed E-state index contributed by atoms with van der Waals surface area (Å²) in [6.45, 7) is 1.41. The van der Waals surface area contributed by atoms with Crippen molar-refractivity contribution < 1.29 is 9.59 Å². The quantitative estimate of drug-likeness (QED) is 0.536. The van der Waals surface area contributed by atoms with Crippen LogP contribution in [-0.2, 0) is 9.59 Å². The van der Waals surface area contributed by atoms with Crippen LogP contribution >= 0.6 is 0 Å². The van der Waals surface area contributed by atoms with Gasteiger partial charge in [-0.1, -0.05) is 36.4 Å². The van der Waals surface area contributed by atoms with Crippen molar-refractivity contribution in [3.8, 4) is 0 Å². The first-order valence-corrected chi connectivity index (χ1v) is 4.44. The fraction of sp³-hybridized carbons (Fsp3) is 0.167. The third-order valence-corrected chi connectivity index (χ3v) is 1.68. The maximum Gasteiger partial charge on any atom is 0.163 e. The van der Waals surface area contributed by atoms with Crippen LogP contribution in [0.25, 0.3) is 6.08 Å². The molecule has 2 heteroatoms. The highest BCUT2D eigenvalue weighted by Gasteiger charge is 1.99. The molecule has 0 amide bonds. The smallest absolute Gasteiger partial charge is 0.163 e. The molecule has 0 saturated carbocycles. The number of Topliss-reactive ketones (excluding diaryl/α,β-unsaturated/α-hetero) is 1. The maximum atomic E-state index is 11.1. The number of rotatable bonds is 4. The van der Waals surface area contributed by atoms with Gasteiger partial charge in [-0.15, -0.1) is 0 Å². The Morgan fingerprint density at radius 1 is 1.21 bits per heavy atom. The Kier molecular flexibility index (Phi) is 3.80. The second kappa shape index (κ2) is 5.12. The molecule has 0 heterocycles. The zero-order chi connectivity index (χ0) is 10.4. The fourth-order valence-electron chi connectivity index (χ4n) is 1.06. The second-order valence-corrected chi connectivity index (χ2v) is 3.09. The molecule has 0 aliphatic carbocycles. The molecule has 0 atom stereocenters. The van der Waals surface area contributed by atoms with Gasteiger partial charge in [0.2, 0.25) is 0 Å². The third-order valence-electron chi connectivity index (χ3n) is 1.68. The van der Waals surface area contributed by atoms with Crippen molar-refractivity contribution in [1.82, 2.24) is 0 Å². The first kappa shape index (κ1) is 10.4. The topological polar surface area (TPSA) is 34.1 Å². The van der Waals surface area contributed by atoms with Crippen molar-refractivity contribution in [2.24, 2.45) is 0 Å². The summed E-state index contributed by atoms with van der Waals surface area (Å²) in [6, 6.07) is 9.51. The van der Waals surface area contributed by atoms with Crippen LogP contribution in [-0.4, -0.2) is 11.6 Å². The van der Waals surface area contributed by atoms with Crippen molar-refractivity contribution in [3.63, 3.8) is 0 Å². The summed E-state index contributed by atoms with van der Waals surface area (Å²) < 4.78 is 0. The SMILES string of the molecule is CC(=O)CC(=O)/C=C/c1ccccc1. The molecule has 2 nitrogen and oxygen atoms in total. The van der Waals surface area contributed by atoms with Crippen LogP contribution in [0.3, 0.4) is 0 Å². The van der Waals surface area contributed by atoms with Crippen LogP contribution < -0.4 is 0 Å². The summed E-state index contributed by atoms with van der Waals surface area (Å²) in [5.74, 6) is -0.255. The number of benzene rings is 1. The summed E-state index contributed by atoms with van der Waals surface area (Å²) in [4.78, 5) is 21.7. The van der Waals surface area contributed by atoms with Gasteiger partial charge in [0.1, 0.15) is 5.78 Å². The number of hydrogen-bond donors (Lipinski definition) is 0. The minimum atomic E-state index is -0.152. The summed E-state index contributed by atoms with van der Waals surface area (Å²) >= 11 is 0. The molecule has 1 aromatic rings. The molecule has 1 aromatic carbocycles. The van der Waals surface area contributed by atoms with E-state index >= 15 is 0 Å². The molecular weight excluding hydrogens is 176 g/mol. The van der Waals surface area contributed by atoms with E-state index in [1.807, 2.05) is 30.3 Å². The highest BCUT2D eigenvalue weighted by Crippen LogP contribution is 2.01. The van der Waals surface area contributed by atoms with Gasteiger partial charge in [0.05, 0.1) is 6.42 Å². The standard InChI is InChI=1S/C12H12O2/c1-10(13)9-12(14)8-7-11-5-3-2-4-6-11/h2-8H,9H2,1H3/b8-7+. The Morgan fingerprint density at radius 3 is 2.43 bits per heavy atom. The van der Waals surface area contributed by atoms with E-state index in [9.17, 15) is 9.59 Å². The number of allylic oxidation sites excluding steroid dienone is 1. The lowest BCUT2D eigenvalue weighted by atomic mass is 10.1. The van der Waals surface area contributed by atoms with Crippen molar-refractivity contribution in [2.45, 2.75) is 13.3 Å². The molecule has 0 bridgehead atoms. The van der Waals surface area contributed by atoms with E-state index in [4.69, 9.17) is 0 Å². The van der Waals surface area contributed by atoms with E-state index in [0.29, 0.717) is 0 Å². The van der Waals surface area contributed by atoms with E-state index in [2.05, 4.69) is 0 Å². The van der Waals surface area contributed by atoms with Crippen LogP contribution in [0.1, 0.15) is 18.9 Å². The first-order valence-electron chi connectivity index (χ1n) is 4.44. The largest absolute Gasteiger partial charge is 0.300 e. The van der Waals surface area contributed by atoms with Crippen molar-refractivity contribution in [3.05, 3.63) is 42.0 Å². The Hall–Kier alpha value is -1.70. The lowest BCUT2D eigenvalue weighted by molar-refractivity contribution is -0.123. The summed E-state index contributed by atoms with van der Waals surface area (Å²) in [5.41, 5.74) is 0.962. The lowest BCUT2D eigenvalue weighted by Gasteiger charge is -1.91. The van der Waals surface area contributed by atoms with Crippen LogP contribution in [0.5, 0.6) is 0 Å². The van der Waals surface area contributed by atoms with E-state index in [-0.39, 0.29) is 18.0 Å². The predicted molar refractivity (Wildman–Crippen MR) is 55.8 cm³/mol. The Balaban J connectivity index is 2.56. The summed E-state index contributed by atoms with van der Waals surface area (Å²) in [7, 11) is 0. The van der Waals surface area contributed by atoms with Crippen molar-refractivity contribution in [1.29, 1.82) is 0 Å². The Bertz CT molecular complexity index is 350. The number of carbonyl (C=O) groups excluding carboxylic acids is 2. The Morgan fingerprint density at radius 2 is 1.86 bits per heavy atom. The van der Waals surface area contributed by atoms with Crippen molar-refractivity contribution in [2.75, 3.05) is 0 Å². The normalized spacial score (nSPS) is 10.4. The maximum absolute atomic E-state index is 11.1. The van der Waals surface area contributed by atoms with Gasteiger partial charge in [0, 0.05) is 0 Å². The summed E-state index contributed by atoms with van der Waals surface area (Å²) in [5, 5.41) is 0. The molecule has 0 aliphatic heterocycles. The molecule has 0 aliphatic rings. The molecule has 14 heavy (non-hydrogen) atoms. The monoisotopic (exact) mass is 188 g/mol. The van der Waals surface area contributed by atoms with E-state index in [0.717, 1.165) is 5.56 Å². The predicted octanol–water partition coefficient (Wildman–Crippen LogP) is 2.25. The van der Waals surface area contributed by atoms with Gasteiger partial charge in [-0.2, -0.15) is 0 Å². The molecule has 0 saturated heterocycles. The molecule has 1 rings (SSSR count). The third kappa shape index (κ3) is 3.81. The Labute approximate surface area is 83.3 Å². The highest BCUT2D eigenvalue weighted by atomic mass is 16.1. The van der Waals surface area contributed by atoms with Crippen LogP contribution in [0.4, 0.5) is 0 Å². The molecule has 72 valence electrons. The van der Waals surface area contributed by atoms with Gasteiger partial charge in [0.15, 0.2) is 5.78 Å². The first-order chi connectivity index (χ1) is 6.68. The van der Waals surface area contributed by atoms with Gasteiger partial charge in [0.25, 0.3) is 0 Å². The molecule has 0 N–H and O–H groups in total. The van der Waals surface area contributed by atoms with Gasteiger partial charge in [-0.3, -0.25) is 9.59 Å². The van der Waals surface area contributed by atoms with Crippen LogP contribution in [0.15, 0.2) is 36.4 Å². The summed E-state index contributed by atoms with van der Waals surface area (Å²) in [6.07, 6.45) is 3.14. The minimum absolute atomic E-state index is 0.0106. The molecular formula is C12H12O2. The van der Waals surface area contributed by atoms with E-state index in [1.54, 1.807) is 6.08 Å². The fourth-order valence-corrected chi connectivity index (χ4v) is 1.06. The molecule has 0 fully saturated rings. The average molecular weight is 188 g/mol. The molecule has 0 aromatic heterocycles.